The molecule has 76 valence electrons. The third kappa shape index (κ3) is 3.25. The lowest BCUT2D eigenvalue weighted by molar-refractivity contribution is -0.179. The van der Waals surface area contributed by atoms with Gasteiger partial charge < -0.3 is 9.16 Å². The summed E-state index contributed by atoms with van der Waals surface area (Å²) in [6.07, 6.45) is 4.02. The average Bonchev–Trinajstić information content (AvgIpc) is 1.98. The molecular formula is C10H20O2Si. The van der Waals surface area contributed by atoms with Gasteiger partial charge in [-0.2, -0.15) is 0 Å². The molecular weight excluding hydrogens is 180 g/mol. The van der Waals surface area contributed by atoms with E-state index in [2.05, 4.69) is 19.7 Å². The zero-order chi connectivity index (χ0) is 9.95. The lowest BCUT2D eigenvalue weighted by Gasteiger charge is -2.41. The highest BCUT2D eigenvalue weighted by molar-refractivity contribution is 6.71. The zero-order valence-electron chi connectivity index (χ0n) is 8.93. The van der Waals surface area contributed by atoms with E-state index in [0.29, 0.717) is 6.61 Å². The fourth-order valence-electron chi connectivity index (χ4n) is 1.86. The monoisotopic (exact) mass is 200 g/mol. The smallest absolute Gasteiger partial charge is 0.190 e. The molecule has 1 saturated heterocycles. The minimum atomic E-state index is -1.44. The van der Waals surface area contributed by atoms with Crippen LogP contribution < -0.4 is 0 Å². The van der Waals surface area contributed by atoms with Gasteiger partial charge in [0.05, 0.1) is 6.61 Å². The maximum absolute atomic E-state index is 6.03. The number of rotatable bonds is 3. The molecule has 0 aromatic rings. The molecule has 1 unspecified atom stereocenters. The lowest BCUT2D eigenvalue weighted by atomic mass is 10.2. The summed E-state index contributed by atoms with van der Waals surface area (Å²) in [5, 5.41) is 0. The van der Waals surface area contributed by atoms with Gasteiger partial charge in [-0.15, -0.1) is 6.58 Å². The van der Waals surface area contributed by atoms with Crippen LogP contribution in [-0.2, 0) is 9.16 Å². The van der Waals surface area contributed by atoms with Crippen molar-refractivity contribution in [2.24, 2.45) is 0 Å². The van der Waals surface area contributed by atoms with Crippen molar-refractivity contribution in [2.75, 3.05) is 6.61 Å². The first-order valence-electron chi connectivity index (χ1n) is 4.92. The molecule has 0 aromatic heterocycles. The Morgan fingerprint density at radius 3 is 2.85 bits per heavy atom. The van der Waals surface area contributed by atoms with E-state index in [-0.39, 0.29) is 5.79 Å². The lowest BCUT2D eigenvalue weighted by Crippen LogP contribution is -2.48. The minimum absolute atomic E-state index is 0.345. The van der Waals surface area contributed by atoms with Gasteiger partial charge in [-0.3, -0.25) is 0 Å². The van der Waals surface area contributed by atoms with Crippen LogP contribution in [0.25, 0.3) is 0 Å². The van der Waals surface area contributed by atoms with Gasteiger partial charge in [-0.25, -0.2) is 0 Å². The van der Waals surface area contributed by atoms with E-state index in [1.165, 1.54) is 12.5 Å². The molecule has 1 rings (SSSR count). The van der Waals surface area contributed by atoms with Crippen molar-refractivity contribution in [1.29, 1.82) is 0 Å². The third-order valence-electron chi connectivity index (χ3n) is 2.41. The topological polar surface area (TPSA) is 18.5 Å². The zero-order valence-corrected chi connectivity index (χ0v) is 9.93. The van der Waals surface area contributed by atoms with Crippen molar-refractivity contribution < 1.29 is 9.16 Å². The molecule has 0 amide bonds. The largest absolute Gasteiger partial charge is 0.391 e. The van der Waals surface area contributed by atoms with Gasteiger partial charge in [-0.05, 0) is 38.9 Å². The summed E-state index contributed by atoms with van der Waals surface area (Å²) in [6, 6.07) is 1.25. The molecule has 1 atom stereocenters. The van der Waals surface area contributed by atoms with Crippen molar-refractivity contribution >= 4 is 8.32 Å². The summed E-state index contributed by atoms with van der Waals surface area (Å²) in [7, 11) is -1.44. The Hall–Kier alpha value is -0.123. The fraction of sp³-hybridized carbons (Fsp3) is 0.800. The third-order valence-corrected chi connectivity index (χ3v) is 4.95. The SMILES string of the molecule is C=CCOC1(C)CCC[Si](C)(C)O1. The molecule has 13 heavy (non-hydrogen) atoms. The molecule has 0 bridgehead atoms. The second kappa shape index (κ2) is 3.94. The Morgan fingerprint density at radius 2 is 2.31 bits per heavy atom. The first kappa shape index (κ1) is 11.0. The van der Waals surface area contributed by atoms with Gasteiger partial charge in [0.1, 0.15) is 0 Å². The minimum Gasteiger partial charge on any atom is -0.391 e. The van der Waals surface area contributed by atoms with Crippen molar-refractivity contribution in [3.05, 3.63) is 12.7 Å². The quantitative estimate of drug-likeness (QED) is 0.515. The van der Waals surface area contributed by atoms with Gasteiger partial charge in [0.15, 0.2) is 14.1 Å². The maximum Gasteiger partial charge on any atom is 0.190 e. The summed E-state index contributed by atoms with van der Waals surface area (Å²) < 4.78 is 11.7. The number of ether oxygens (including phenoxy) is 1. The Bertz CT molecular complexity index is 191. The van der Waals surface area contributed by atoms with Gasteiger partial charge in [-0.1, -0.05) is 6.08 Å². The standard InChI is InChI=1S/C10H20O2Si/c1-5-8-11-10(2)7-6-9-13(3,4)12-10/h5H,1,6-9H2,2-4H3. The Morgan fingerprint density at radius 1 is 1.62 bits per heavy atom. The average molecular weight is 200 g/mol. The molecule has 0 aromatic carbocycles. The van der Waals surface area contributed by atoms with E-state index in [9.17, 15) is 0 Å². The summed E-state index contributed by atoms with van der Waals surface area (Å²) >= 11 is 0. The molecule has 3 heteroatoms. The molecule has 1 fully saturated rings. The molecule has 0 spiro atoms. The van der Waals surface area contributed by atoms with E-state index in [1.54, 1.807) is 6.08 Å². The predicted octanol–water partition coefficient (Wildman–Crippen LogP) is 2.92. The van der Waals surface area contributed by atoms with Crippen LogP contribution in [0.5, 0.6) is 0 Å². The highest BCUT2D eigenvalue weighted by Gasteiger charge is 2.39. The van der Waals surface area contributed by atoms with Crippen molar-refractivity contribution in [2.45, 2.75) is 44.7 Å². The Labute approximate surface area is 82.1 Å². The first-order chi connectivity index (χ1) is 5.97. The second-order valence-corrected chi connectivity index (χ2v) is 8.67. The molecule has 1 aliphatic heterocycles. The van der Waals surface area contributed by atoms with Crippen LogP contribution in [0.4, 0.5) is 0 Å². The van der Waals surface area contributed by atoms with Crippen LogP contribution >= 0.6 is 0 Å². The van der Waals surface area contributed by atoms with Gasteiger partial charge in [0, 0.05) is 0 Å². The van der Waals surface area contributed by atoms with E-state index in [4.69, 9.17) is 9.16 Å². The van der Waals surface area contributed by atoms with Crippen LogP contribution in [0.1, 0.15) is 19.8 Å². The van der Waals surface area contributed by atoms with Gasteiger partial charge >= 0.3 is 0 Å². The van der Waals surface area contributed by atoms with Gasteiger partial charge in [0.25, 0.3) is 0 Å². The van der Waals surface area contributed by atoms with E-state index >= 15 is 0 Å². The maximum atomic E-state index is 6.03. The Balaban J connectivity index is 2.52. The van der Waals surface area contributed by atoms with Crippen LogP contribution in [0.3, 0.4) is 0 Å². The summed E-state index contributed by atoms with van der Waals surface area (Å²) in [5.74, 6) is -0.345. The summed E-state index contributed by atoms with van der Waals surface area (Å²) in [5.41, 5.74) is 0. The highest BCUT2D eigenvalue weighted by atomic mass is 28.4. The van der Waals surface area contributed by atoms with Crippen LogP contribution in [0.15, 0.2) is 12.7 Å². The fourth-order valence-corrected chi connectivity index (χ4v) is 4.32. The second-order valence-electron chi connectivity index (χ2n) is 4.45. The van der Waals surface area contributed by atoms with E-state index in [0.717, 1.165) is 6.42 Å². The normalized spacial score (nSPS) is 32.8. The van der Waals surface area contributed by atoms with Crippen molar-refractivity contribution in [3.63, 3.8) is 0 Å². The van der Waals surface area contributed by atoms with Crippen LogP contribution in [-0.4, -0.2) is 20.7 Å². The van der Waals surface area contributed by atoms with Crippen LogP contribution in [0.2, 0.25) is 19.1 Å². The first-order valence-corrected chi connectivity index (χ1v) is 8.04. The molecule has 0 radical (unpaired) electrons. The Kier molecular flexibility index (Phi) is 3.32. The number of hydrogen-bond donors (Lipinski definition) is 0. The highest BCUT2D eigenvalue weighted by Crippen LogP contribution is 2.33. The number of hydrogen-bond acceptors (Lipinski definition) is 2. The molecule has 0 N–H and O–H groups in total. The molecule has 1 aliphatic rings. The molecule has 2 nitrogen and oxygen atoms in total. The van der Waals surface area contributed by atoms with Crippen molar-refractivity contribution in [3.8, 4) is 0 Å². The molecule has 1 heterocycles. The summed E-state index contributed by atoms with van der Waals surface area (Å²) in [6.45, 7) is 10.8. The molecule has 0 aliphatic carbocycles. The predicted molar refractivity (Wildman–Crippen MR) is 57.2 cm³/mol. The van der Waals surface area contributed by atoms with Gasteiger partial charge in [0.2, 0.25) is 0 Å². The molecule has 0 saturated carbocycles. The van der Waals surface area contributed by atoms with E-state index in [1.807, 2.05) is 6.92 Å². The summed E-state index contributed by atoms with van der Waals surface area (Å²) in [4.78, 5) is 0. The van der Waals surface area contributed by atoms with Crippen molar-refractivity contribution in [1.82, 2.24) is 0 Å². The van der Waals surface area contributed by atoms with E-state index < -0.39 is 8.32 Å². The van der Waals surface area contributed by atoms with Crippen LogP contribution in [0, 0.1) is 0 Å².